The maximum atomic E-state index is 12.0. The van der Waals surface area contributed by atoms with Gasteiger partial charge in [0, 0.05) is 39.1 Å². The molecule has 8 heteroatoms. The maximum Gasteiger partial charge on any atom is 0.222 e. The van der Waals surface area contributed by atoms with E-state index in [4.69, 9.17) is 0 Å². The summed E-state index contributed by atoms with van der Waals surface area (Å²) in [6.45, 7) is 2.62. The molecule has 0 radical (unpaired) electrons. The number of hydrogen-bond donors (Lipinski definition) is 2. The Bertz CT molecular complexity index is 613. The normalized spacial score (nSPS) is 28.0. The molecular formula is C16H28N4O3S. The van der Waals surface area contributed by atoms with Crippen molar-refractivity contribution in [2.24, 2.45) is 10.4 Å². The molecule has 2 heterocycles. The molecule has 3 fully saturated rings. The van der Waals surface area contributed by atoms with Crippen molar-refractivity contribution in [3.05, 3.63) is 0 Å². The molecule has 1 spiro atoms. The molecule has 1 atom stereocenters. The second-order valence-corrected chi connectivity index (χ2v) is 9.65. The molecule has 1 saturated carbocycles. The molecule has 2 aliphatic heterocycles. The zero-order chi connectivity index (χ0) is 17.2. The van der Waals surface area contributed by atoms with Crippen molar-refractivity contribution in [2.75, 3.05) is 38.2 Å². The van der Waals surface area contributed by atoms with Crippen LogP contribution in [0.5, 0.6) is 0 Å². The van der Waals surface area contributed by atoms with Crippen molar-refractivity contribution in [1.82, 2.24) is 15.5 Å². The number of sulfone groups is 1. The van der Waals surface area contributed by atoms with Crippen LogP contribution in [0.4, 0.5) is 0 Å². The average Bonchev–Trinajstić information content (AvgIpc) is 3.07. The zero-order valence-corrected chi connectivity index (χ0v) is 15.2. The number of nitrogens with one attached hydrogen (secondary N) is 2. The summed E-state index contributed by atoms with van der Waals surface area (Å²) in [7, 11) is -1.18. The third kappa shape index (κ3) is 4.02. The molecule has 0 bridgehead atoms. The molecule has 1 aliphatic carbocycles. The molecule has 7 nitrogen and oxygen atoms in total. The number of amides is 1. The van der Waals surface area contributed by atoms with Gasteiger partial charge in [0.25, 0.3) is 0 Å². The fraction of sp³-hybridized carbons (Fsp3) is 0.875. The Labute approximate surface area is 144 Å². The van der Waals surface area contributed by atoms with E-state index in [2.05, 4.69) is 20.5 Å². The minimum absolute atomic E-state index is 0.0731. The van der Waals surface area contributed by atoms with E-state index in [9.17, 15) is 13.2 Å². The van der Waals surface area contributed by atoms with Crippen LogP contribution in [-0.4, -0.2) is 69.4 Å². The fourth-order valence-corrected chi connectivity index (χ4v) is 5.70. The summed E-state index contributed by atoms with van der Waals surface area (Å²) >= 11 is 0. The number of aliphatic imine (C=N–C) groups is 1. The Morgan fingerprint density at radius 2 is 2.12 bits per heavy atom. The Morgan fingerprint density at radius 3 is 2.67 bits per heavy atom. The lowest BCUT2D eigenvalue weighted by molar-refractivity contribution is -0.121. The van der Waals surface area contributed by atoms with Crippen LogP contribution in [0.2, 0.25) is 0 Å². The van der Waals surface area contributed by atoms with Gasteiger partial charge in [0.05, 0.1) is 11.5 Å². The molecule has 0 aromatic rings. The monoisotopic (exact) mass is 356 g/mol. The van der Waals surface area contributed by atoms with Gasteiger partial charge in [-0.1, -0.05) is 6.42 Å². The molecule has 3 aliphatic rings. The third-order valence-corrected chi connectivity index (χ3v) is 7.36. The minimum atomic E-state index is -2.95. The van der Waals surface area contributed by atoms with Crippen LogP contribution in [0, 0.1) is 5.41 Å². The van der Waals surface area contributed by atoms with Crippen molar-refractivity contribution in [2.45, 2.75) is 44.6 Å². The Balaban J connectivity index is 1.38. The first kappa shape index (κ1) is 17.5. The highest BCUT2D eigenvalue weighted by Crippen LogP contribution is 2.47. The highest BCUT2D eigenvalue weighted by Gasteiger charge is 2.43. The first-order valence-corrected chi connectivity index (χ1v) is 10.7. The third-order valence-electron chi connectivity index (χ3n) is 5.60. The van der Waals surface area contributed by atoms with Crippen molar-refractivity contribution in [3.63, 3.8) is 0 Å². The Kier molecular flexibility index (Phi) is 5.03. The van der Waals surface area contributed by atoms with E-state index in [1.165, 1.54) is 25.7 Å². The van der Waals surface area contributed by atoms with Crippen LogP contribution in [0.3, 0.4) is 0 Å². The van der Waals surface area contributed by atoms with E-state index in [0.717, 1.165) is 19.0 Å². The highest BCUT2D eigenvalue weighted by atomic mass is 32.2. The van der Waals surface area contributed by atoms with Crippen LogP contribution in [-0.2, 0) is 14.6 Å². The first-order chi connectivity index (χ1) is 11.4. The van der Waals surface area contributed by atoms with Crippen LogP contribution in [0.25, 0.3) is 0 Å². The largest absolute Gasteiger partial charge is 0.356 e. The molecule has 136 valence electrons. The van der Waals surface area contributed by atoms with Gasteiger partial charge in [0.15, 0.2) is 15.8 Å². The Hall–Kier alpha value is -1.31. The Morgan fingerprint density at radius 1 is 1.33 bits per heavy atom. The van der Waals surface area contributed by atoms with Gasteiger partial charge < -0.3 is 15.5 Å². The summed E-state index contributed by atoms with van der Waals surface area (Å²) < 4.78 is 22.8. The molecule has 3 rings (SSSR count). The van der Waals surface area contributed by atoms with Gasteiger partial charge >= 0.3 is 0 Å². The van der Waals surface area contributed by atoms with Crippen LogP contribution >= 0.6 is 0 Å². The maximum absolute atomic E-state index is 12.0. The van der Waals surface area contributed by atoms with E-state index < -0.39 is 9.84 Å². The topological polar surface area (TPSA) is 90.9 Å². The number of carbonyl (C=O) groups is 1. The van der Waals surface area contributed by atoms with Gasteiger partial charge in [-0.25, -0.2) is 8.42 Å². The molecule has 1 unspecified atom stereocenters. The van der Waals surface area contributed by atoms with Gasteiger partial charge in [-0.15, -0.1) is 0 Å². The second-order valence-electron chi connectivity index (χ2n) is 7.42. The smallest absolute Gasteiger partial charge is 0.222 e. The lowest BCUT2D eigenvalue weighted by Crippen LogP contribution is -2.44. The van der Waals surface area contributed by atoms with Gasteiger partial charge in [-0.3, -0.25) is 9.79 Å². The van der Waals surface area contributed by atoms with E-state index in [1.807, 2.05) is 0 Å². The zero-order valence-electron chi connectivity index (χ0n) is 14.4. The van der Waals surface area contributed by atoms with Gasteiger partial charge in [0.1, 0.15) is 0 Å². The standard InChI is InChI=1S/C16H28N4O3S/c1-17-15(20-9-7-16(12-20)5-2-6-16)18-8-3-14(21)19-13-4-10-24(22,23)11-13/h13H,2-12H2,1H3,(H,17,18)(H,19,21). The van der Waals surface area contributed by atoms with Crippen molar-refractivity contribution in [3.8, 4) is 0 Å². The molecular weight excluding hydrogens is 328 g/mol. The number of guanidine groups is 1. The second kappa shape index (κ2) is 6.90. The summed E-state index contributed by atoms with van der Waals surface area (Å²) in [5.41, 5.74) is 0.517. The number of carbonyl (C=O) groups excluding carboxylic acids is 1. The quantitative estimate of drug-likeness (QED) is 0.552. The van der Waals surface area contributed by atoms with Gasteiger partial charge in [0.2, 0.25) is 5.91 Å². The minimum Gasteiger partial charge on any atom is -0.356 e. The molecule has 0 aromatic heterocycles. The van der Waals surface area contributed by atoms with Gasteiger partial charge in [-0.2, -0.15) is 0 Å². The SMILES string of the molecule is CN=C(NCCC(=O)NC1CCS(=O)(=O)C1)N1CCC2(CCC2)C1. The van der Waals surface area contributed by atoms with Crippen LogP contribution in [0.1, 0.15) is 38.5 Å². The summed E-state index contributed by atoms with van der Waals surface area (Å²) in [4.78, 5) is 18.6. The molecule has 0 aromatic carbocycles. The summed E-state index contributed by atoms with van der Waals surface area (Å²) in [5.74, 6) is 1.02. The van der Waals surface area contributed by atoms with Crippen LogP contribution < -0.4 is 10.6 Å². The summed E-state index contributed by atoms with van der Waals surface area (Å²) in [6.07, 6.45) is 6.09. The lowest BCUT2D eigenvalue weighted by Gasteiger charge is -2.38. The van der Waals surface area contributed by atoms with Crippen molar-refractivity contribution < 1.29 is 13.2 Å². The average molecular weight is 356 g/mol. The molecule has 24 heavy (non-hydrogen) atoms. The summed E-state index contributed by atoms with van der Waals surface area (Å²) in [5, 5.41) is 6.08. The van der Waals surface area contributed by atoms with E-state index >= 15 is 0 Å². The molecule has 2 N–H and O–H groups in total. The number of hydrogen-bond acceptors (Lipinski definition) is 4. The number of rotatable bonds is 4. The van der Waals surface area contributed by atoms with Crippen LogP contribution in [0.15, 0.2) is 4.99 Å². The predicted octanol–water partition coefficient (Wildman–Crippen LogP) is 0.131. The first-order valence-electron chi connectivity index (χ1n) is 8.87. The lowest BCUT2D eigenvalue weighted by atomic mass is 9.68. The summed E-state index contributed by atoms with van der Waals surface area (Å²) in [6, 6.07) is -0.223. The number of nitrogens with zero attached hydrogens (tertiary/aromatic N) is 2. The van der Waals surface area contributed by atoms with E-state index in [1.54, 1.807) is 7.05 Å². The predicted molar refractivity (Wildman–Crippen MR) is 93.7 cm³/mol. The van der Waals surface area contributed by atoms with Gasteiger partial charge in [-0.05, 0) is 31.1 Å². The van der Waals surface area contributed by atoms with E-state index in [0.29, 0.717) is 24.8 Å². The molecule has 2 saturated heterocycles. The van der Waals surface area contributed by atoms with Crippen molar-refractivity contribution >= 4 is 21.7 Å². The van der Waals surface area contributed by atoms with Crippen molar-refractivity contribution in [1.29, 1.82) is 0 Å². The number of likely N-dealkylation sites (tertiary alicyclic amines) is 1. The van der Waals surface area contributed by atoms with E-state index in [-0.39, 0.29) is 23.5 Å². The highest BCUT2D eigenvalue weighted by molar-refractivity contribution is 7.91. The fourth-order valence-electron chi connectivity index (χ4n) is 4.03. The molecule has 1 amide bonds.